The molecule has 0 saturated carbocycles. The largest absolute Gasteiger partial charge is 0.495 e. The number of hydrogen-bond acceptors (Lipinski definition) is 11. The normalized spacial score (nSPS) is 15.2. The number of amides is 1. The summed E-state index contributed by atoms with van der Waals surface area (Å²) >= 11 is 0. The molecule has 1 N–H and O–H groups in total. The van der Waals surface area contributed by atoms with Gasteiger partial charge in [-0.3, -0.25) is 15.0 Å². The minimum Gasteiger partial charge on any atom is -0.495 e. The van der Waals surface area contributed by atoms with Crippen LogP contribution < -0.4 is 15.0 Å². The average Bonchev–Trinajstić information content (AvgIpc) is 3.32. The van der Waals surface area contributed by atoms with E-state index in [-0.39, 0.29) is 18.4 Å². The van der Waals surface area contributed by atoms with Crippen molar-refractivity contribution in [2.75, 3.05) is 37.5 Å². The molecule has 0 aliphatic carbocycles. The number of esters is 1. The van der Waals surface area contributed by atoms with Crippen molar-refractivity contribution in [1.29, 1.82) is 0 Å². The molecule has 37 heavy (non-hydrogen) atoms. The van der Waals surface area contributed by atoms with Crippen molar-refractivity contribution in [3.8, 4) is 5.75 Å². The second-order valence-electron chi connectivity index (χ2n) is 9.28. The second-order valence-corrected chi connectivity index (χ2v) is 9.28. The second kappa shape index (κ2) is 11.3. The first kappa shape index (κ1) is 27.4. The number of para-hydroxylation sites is 2. The number of hydrogen-bond donors (Lipinski definition) is 1. The zero-order chi connectivity index (χ0) is 27.3. The van der Waals surface area contributed by atoms with E-state index in [0.29, 0.717) is 30.8 Å². The fraction of sp³-hybridized carbons (Fsp3) is 0.500. The lowest BCUT2D eigenvalue weighted by Gasteiger charge is -2.34. The number of aromatic nitrogens is 2. The quantitative estimate of drug-likeness (QED) is 0.307. The number of methoxy groups -OCH3 is 1. The fourth-order valence-electron chi connectivity index (χ4n) is 3.90. The molecule has 1 aliphatic heterocycles. The maximum atomic E-state index is 12.8. The molecule has 3 rings (SSSR count). The molecule has 1 atom stereocenters. The highest BCUT2D eigenvalue weighted by molar-refractivity contribution is 5.95. The Morgan fingerprint density at radius 3 is 2.59 bits per heavy atom. The molecule has 2 aromatic rings. The Labute approximate surface area is 214 Å². The van der Waals surface area contributed by atoms with Crippen LogP contribution in [-0.2, 0) is 9.47 Å². The lowest BCUT2D eigenvalue weighted by atomic mass is 10.2. The zero-order valence-electron chi connectivity index (χ0n) is 21.8. The van der Waals surface area contributed by atoms with Gasteiger partial charge in [-0.1, -0.05) is 12.1 Å². The minimum absolute atomic E-state index is 0.00448. The number of ether oxygens (including phenoxy) is 3. The number of anilines is 3. The molecule has 1 amide bonds. The van der Waals surface area contributed by atoms with E-state index in [9.17, 15) is 19.7 Å². The minimum atomic E-state index is -0.968. The van der Waals surface area contributed by atoms with Crippen LogP contribution in [0.15, 0.2) is 24.3 Å². The van der Waals surface area contributed by atoms with E-state index in [0.717, 1.165) is 0 Å². The standard InChI is InChI=1S/C24H32N6O7/c1-7-36-21(31)18-19(30(33)34)20(25-15-11-8-9-12-16(15)35-6)27-22(26-18)28(5)17-13-10-14-29(17)23(32)37-24(2,3)4/h8-9,11-12,17H,7,10,13-14H2,1-6H3,(H,25,26,27)/t17-/m0/s1. The highest BCUT2D eigenvalue weighted by atomic mass is 16.6. The Bertz CT molecular complexity index is 1170. The summed E-state index contributed by atoms with van der Waals surface area (Å²) < 4.78 is 15.9. The summed E-state index contributed by atoms with van der Waals surface area (Å²) in [5, 5.41) is 15.0. The van der Waals surface area contributed by atoms with Crippen LogP contribution in [0.5, 0.6) is 5.75 Å². The monoisotopic (exact) mass is 516 g/mol. The molecule has 200 valence electrons. The molecule has 1 aromatic carbocycles. The topological polar surface area (TPSA) is 149 Å². The van der Waals surface area contributed by atoms with Crippen molar-refractivity contribution in [2.24, 2.45) is 0 Å². The molecule has 0 spiro atoms. The van der Waals surface area contributed by atoms with Crippen LogP contribution in [0, 0.1) is 10.1 Å². The molecule has 1 aromatic heterocycles. The summed E-state index contributed by atoms with van der Waals surface area (Å²) in [6.45, 7) is 7.37. The molecule has 1 aliphatic rings. The molecule has 1 fully saturated rings. The molecule has 0 radical (unpaired) electrons. The van der Waals surface area contributed by atoms with Gasteiger partial charge in [0, 0.05) is 13.6 Å². The number of likely N-dealkylation sites (tertiary alicyclic amines) is 1. The van der Waals surface area contributed by atoms with Crippen molar-refractivity contribution in [2.45, 2.75) is 52.3 Å². The Morgan fingerprint density at radius 1 is 1.27 bits per heavy atom. The zero-order valence-corrected chi connectivity index (χ0v) is 21.8. The third-order valence-corrected chi connectivity index (χ3v) is 5.50. The van der Waals surface area contributed by atoms with Gasteiger partial charge >= 0.3 is 17.7 Å². The fourth-order valence-corrected chi connectivity index (χ4v) is 3.90. The summed E-state index contributed by atoms with van der Waals surface area (Å²) in [5.41, 5.74) is -1.44. The van der Waals surface area contributed by atoms with Gasteiger partial charge in [0.2, 0.25) is 17.5 Å². The SMILES string of the molecule is CCOC(=O)c1nc(N(C)[C@@H]2CCCN2C(=O)OC(C)(C)C)nc(Nc2ccccc2OC)c1[N+](=O)[O-]. The number of rotatable bonds is 8. The third-order valence-electron chi connectivity index (χ3n) is 5.50. The maximum absolute atomic E-state index is 12.8. The Kier molecular flexibility index (Phi) is 8.35. The van der Waals surface area contributed by atoms with E-state index in [1.807, 2.05) is 0 Å². The van der Waals surface area contributed by atoms with Gasteiger partial charge in [0.25, 0.3) is 0 Å². The van der Waals surface area contributed by atoms with E-state index in [1.54, 1.807) is 68.8 Å². The lowest BCUT2D eigenvalue weighted by molar-refractivity contribution is -0.384. The Balaban J connectivity index is 2.09. The predicted molar refractivity (Wildman–Crippen MR) is 135 cm³/mol. The molecular formula is C24H32N6O7. The van der Waals surface area contributed by atoms with Crippen LogP contribution in [0.4, 0.5) is 27.9 Å². The van der Waals surface area contributed by atoms with Crippen LogP contribution in [0.25, 0.3) is 0 Å². The van der Waals surface area contributed by atoms with Gasteiger partial charge in [0.15, 0.2) is 0 Å². The van der Waals surface area contributed by atoms with Gasteiger partial charge in [-0.15, -0.1) is 0 Å². The summed E-state index contributed by atoms with van der Waals surface area (Å²) in [4.78, 5) is 48.7. The number of nitrogens with one attached hydrogen (secondary N) is 1. The van der Waals surface area contributed by atoms with Crippen LogP contribution in [-0.4, -0.2) is 70.9 Å². The maximum Gasteiger partial charge on any atom is 0.411 e. The molecule has 0 unspecified atom stereocenters. The first-order valence-corrected chi connectivity index (χ1v) is 11.8. The predicted octanol–water partition coefficient (Wildman–Crippen LogP) is 4.11. The summed E-state index contributed by atoms with van der Waals surface area (Å²) in [5.74, 6) is -0.789. The van der Waals surface area contributed by atoms with Crippen molar-refractivity contribution < 1.29 is 28.7 Å². The Morgan fingerprint density at radius 2 is 1.97 bits per heavy atom. The van der Waals surface area contributed by atoms with Crippen LogP contribution in [0.2, 0.25) is 0 Å². The highest BCUT2D eigenvalue weighted by Crippen LogP contribution is 2.35. The van der Waals surface area contributed by atoms with Crippen LogP contribution >= 0.6 is 0 Å². The van der Waals surface area contributed by atoms with Crippen molar-refractivity contribution in [3.63, 3.8) is 0 Å². The molecule has 13 nitrogen and oxygen atoms in total. The number of nitrogens with zero attached hydrogens (tertiary/aromatic N) is 5. The summed E-state index contributed by atoms with van der Waals surface area (Å²) in [7, 11) is 3.11. The van der Waals surface area contributed by atoms with E-state index in [4.69, 9.17) is 14.2 Å². The molecule has 2 heterocycles. The number of nitro groups is 1. The molecule has 0 bridgehead atoms. The number of carbonyl (C=O) groups excluding carboxylic acids is 2. The van der Waals surface area contributed by atoms with Gasteiger partial charge < -0.3 is 24.4 Å². The van der Waals surface area contributed by atoms with E-state index in [1.165, 1.54) is 7.11 Å². The first-order valence-electron chi connectivity index (χ1n) is 11.8. The lowest BCUT2D eigenvalue weighted by Crippen LogP contribution is -2.48. The van der Waals surface area contributed by atoms with Crippen molar-refractivity contribution in [1.82, 2.24) is 14.9 Å². The van der Waals surface area contributed by atoms with Gasteiger partial charge in [-0.25, -0.2) is 9.59 Å². The van der Waals surface area contributed by atoms with Gasteiger partial charge in [-0.05, 0) is 52.7 Å². The van der Waals surface area contributed by atoms with Gasteiger partial charge in [0.05, 0.1) is 24.3 Å². The third kappa shape index (κ3) is 6.35. The Hall–Kier alpha value is -4.16. The smallest absolute Gasteiger partial charge is 0.411 e. The van der Waals surface area contributed by atoms with E-state index < -0.39 is 40.1 Å². The number of carbonyl (C=O) groups is 2. The molecule has 1 saturated heterocycles. The van der Waals surface area contributed by atoms with Gasteiger partial charge in [0.1, 0.15) is 17.5 Å². The van der Waals surface area contributed by atoms with Crippen LogP contribution in [0.1, 0.15) is 51.0 Å². The van der Waals surface area contributed by atoms with Crippen molar-refractivity contribution in [3.05, 3.63) is 40.1 Å². The van der Waals surface area contributed by atoms with Crippen LogP contribution in [0.3, 0.4) is 0 Å². The molecular weight excluding hydrogens is 484 g/mol. The summed E-state index contributed by atoms with van der Waals surface area (Å²) in [6.07, 6.45) is 0.297. The van der Waals surface area contributed by atoms with E-state index >= 15 is 0 Å². The van der Waals surface area contributed by atoms with E-state index in [2.05, 4.69) is 15.3 Å². The molecule has 13 heteroatoms. The number of benzene rings is 1. The van der Waals surface area contributed by atoms with Gasteiger partial charge in [-0.2, -0.15) is 9.97 Å². The summed E-state index contributed by atoms with van der Waals surface area (Å²) in [6, 6.07) is 6.78. The average molecular weight is 517 g/mol. The highest BCUT2D eigenvalue weighted by Gasteiger charge is 2.38. The van der Waals surface area contributed by atoms with Crippen molar-refractivity contribution >= 4 is 35.2 Å². The first-order chi connectivity index (χ1) is 17.5.